The number of halogens is 4. The molecule has 1 aliphatic carbocycles. The minimum Gasteiger partial charge on any atom is -0.618 e. The van der Waals surface area contributed by atoms with Crippen LogP contribution in [0.25, 0.3) is 11.1 Å². The molecule has 3 aromatic rings. The molecule has 0 bridgehead atoms. The number of alkyl halides is 3. The van der Waals surface area contributed by atoms with Gasteiger partial charge in [-0.25, -0.2) is 0 Å². The average molecular weight is 536 g/mol. The molecule has 1 aliphatic rings. The van der Waals surface area contributed by atoms with Crippen LogP contribution < -0.4 is 15.4 Å². The second-order valence-electron chi connectivity index (χ2n) is 8.97. The highest BCUT2D eigenvalue weighted by Crippen LogP contribution is 2.39. The van der Waals surface area contributed by atoms with E-state index in [0.717, 1.165) is 32.1 Å². The average Bonchev–Trinajstić information content (AvgIpc) is 3.30. The number of aryl methyl sites for hydroxylation is 1. The number of carbonyl (C=O) groups is 2. The first-order valence-electron chi connectivity index (χ1n) is 11.8. The van der Waals surface area contributed by atoms with Gasteiger partial charge in [0.2, 0.25) is 5.91 Å². The van der Waals surface area contributed by atoms with Crippen LogP contribution in [0, 0.1) is 11.1 Å². The summed E-state index contributed by atoms with van der Waals surface area (Å²) in [6.07, 6.45) is 1.99. The Bertz CT molecular complexity index is 1290. The van der Waals surface area contributed by atoms with Gasteiger partial charge in [0.25, 0.3) is 11.1 Å². The lowest BCUT2D eigenvalue weighted by Crippen LogP contribution is -2.49. The Balaban J connectivity index is 1.56. The maximum atomic E-state index is 13.5. The van der Waals surface area contributed by atoms with Crippen molar-refractivity contribution in [3.8, 4) is 11.1 Å². The van der Waals surface area contributed by atoms with Crippen LogP contribution in [0.4, 0.5) is 18.9 Å². The highest BCUT2D eigenvalue weighted by atomic mass is 35.5. The Morgan fingerprint density at radius 1 is 1.14 bits per heavy atom. The van der Waals surface area contributed by atoms with Crippen molar-refractivity contribution in [2.45, 2.75) is 44.3 Å². The maximum absolute atomic E-state index is 13.5. The van der Waals surface area contributed by atoms with E-state index in [-0.39, 0.29) is 16.2 Å². The van der Waals surface area contributed by atoms with Crippen LogP contribution in [0.15, 0.2) is 48.8 Å². The van der Waals surface area contributed by atoms with Gasteiger partial charge in [0.05, 0.1) is 11.1 Å². The molecular formula is C25H25ClF3N5O3. The number of hydrogen-bond acceptors (Lipinski definition) is 4. The molecule has 1 saturated carbocycles. The molecule has 0 unspecified atom stereocenters. The van der Waals surface area contributed by atoms with Crippen molar-refractivity contribution >= 4 is 29.1 Å². The number of hydrogen-bond donors (Lipinski definition) is 2. The van der Waals surface area contributed by atoms with Crippen molar-refractivity contribution in [2.75, 3.05) is 5.32 Å². The lowest BCUT2D eigenvalue weighted by atomic mass is 9.83. The van der Waals surface area contributed by atoms with Crippen LogP contribution in [-0.4, -0.2) is 27.6 Å². The Morgan fingerprint density at radius 2 is 1.81 bits per heavy atom. The molecule has 2 heterocycles. The first-order chi connectivity index (χ1) is 17.6. The Morgan fingerprint density at radius 3 is 2.41 bits per heavy atom. The molecule has 2 amide bonds. The molecule has 8 nitrogen and oxygen atoms in total. The second kappa shape index (κ2) is 10.8. The van der Waals surface area contributed by atoms with Crippen LogP contribution in [0.5, 0.6) is 0 Å². The number of nitrogens with zero attached hydrogens (tertiary/aromatic N) is 3. The zero-order valence-electron chi connectivity index (χ0n) is 19.9. The zero-order valence-corrected chi connectivity index (χ0v) is 20.6. The van der Waals surface area contributed by atoms with Crippen LogP contribution >= 0.6 is 11.6 Å². The lowest BCUT2D eigenvalue weighted by Gasteiger charge is -2.30. The summed E-state index contributed by atoms with van der Waals surface area (Å²) in [6, 6.07) is 6.95. The summed E-state index contributed by atoms with van der Waals surface area (Å²) >= 11 is 5.93. The summed E-state index contributed by atoms with van der Waals surface area (Å²) < 4.78 is 42.2. The Labute approximate surface area is 216 Å². The summed E-state index contributed by atoms with van der Waals surface area (Å²) in [6.45, 7) is 0. The highest BCUT2D eigenvalue weighted by Gasteiger charge is 2.37. The number of benzene rings is 1. The van der Waals surface area contributed by atoms with Crippen molar-refractivity contribution in [3.63, 3.8) is 0 Å². The second-order valence-corrected chi connectivity index (χ2v) is 9.33. The third kappa shape index (κ3) is 5.87. The molecule has 1 fully saturated rings. The minimum atomic E-state index is -4.72. The molecule has 12 heteroatoms. The monoisotopic (exact) mass is 535 g/mol. The first-order valence-corrected chi connectivity index (χ1v) is 12.1. The zero-order chi connectivity index (χ0) is 26.7. The molecule has 2 aromatic heterocycles. The number of rotatable bonds is 6. The van der Waals surface area contributed by atoms with E-state index >= 15 is 0 Å². The number of pyridine rings is 1. The molecule has 0 radical (unpaired) electrons. The van der Waals surface area contributed by atoms with Gasteiger partial charge in [0, 0.05) is 25.0 Å². The minimum absolute atomic E-state index is 0.0600. The van der Waals surface area contributed by atoms with Crippen molar-refractivity contribution < 1.29 is 27.5 Å². The molecule has 196 valence electrons. The highest BCUT2D eigenvalue weighted by molar-refractivity contribution is 6.31. The molecular weight excluding hydrogens is 511 g/mol. The van der Waals surface area contributed by atoms with E-state index in [4.69, 9.17) is 11.6 Å². The predicted octanol–water partition coefficient (Wildman–Crippen LogP) is 4.71. The molecule has 1 aromatic carbocycles. The van der Waals surface area contributed by atoms with Gasteiger partial charge in [0.15, 0.2) is 6.20 Å². The van der Waals surface area contributed by atoms with Crippen molar-refractivity contribution in [3.05, 3.63) is 70.4 Å². The first kappa shape index (κ1) is 26.5. The Kier molecular flexibility index (Phi) is 7.72. The van der Waals surface area contributed by atoms with Crippen LogP contribution in [-0.2, 0) is 18.0 Å². The number of aromatic nitrogens is 3. The molecule has 1 atom stereocenters. The fourth-order valence-electron chi connectivity index (χ4n) is 4.64. The molecule has 0 saturated heterocycles. The maximum Gasteiger partial charge on any atom is 0.417 e. The van der Waals surface area contributed by atoms with E-state index in [1.54, 1.807) is 13.1 Å². The molecule has 37 heavy (non-hydrogen) atoms. The molecule has 0 spiro atoms. The summed E-state index contributed by atoms with van der Waals surface area (Å²) in [7, 11) is 1.63. The van der Waals surface area contributed by atoms with Gasteiger partial charge in [-0.1, -0.05) is 31.4 Å². The van der Waals surface area contributed by atoms with Gasteiger partial charge < -0.3 is 15.8 Å². The van der Waals surface area contributed by atoms with Crippen LogP contribution in [0.3, 0.4) is 0 Å². The largest absolute Gasteiger partial charge is 0.618 e. The fraction of sp³-hybridized carbons (Fsp3) is 0.360. The van der Waals surface area contributed by atoms with Crippen molar-refractivity contribution in [1.29, 1.82) is 0 Å². The number of nitrogens with one attached hydrogen (secondary N) is 2. The smallest absolute Gasteiger partial charge is 0.417 e. The molecule has 2 N–H and O–H groups in total. The number of carbonyl (C=O) groups excluding carboxylic acids is 2. The van der Waals surface area contributed by atoms with Gasteiger partial charge in [-0.2, -0.15) is 23.0 Å². The summed E-state index contributed by atoms with van der Waals surface area (Å²) in [5, 5.41) is 20.8. The topological polar surface area (TPSA) is 103 Å². The summed E-state index contributed by atoms with van der Waals surface area (Å²) in [5.74, 6) is -0.915. The summed E-state index contributed by atoms with van der Waals surface area (Å²) in [4.78, 5) is 26.1. The third-order valence-corrected chi connectivity index (χ3v) is 6.89. The Hall–Kier alpha value is -3.60. The molecule has 0 aliphatic heterocycles. The third-order valence-electron chi connectivity index (χ3n) is 6.54. The normalized spacial score (nSPS) is 15.3. The quantitative estimate of drug-likeness (QED) is 0.271. The van der Waals surface area contributed by atoms with Gasteiger partial charge in [-0.05, 0) is 54.1 Å². The van der Waals surface area contributed by atoms with E-state index in [1.165, 1.54) is 35.1 Å². The fourth-order valence-corrected chi connectivity index (χ4v) is 4.91. The summed E-state index contributed by atoms with van der Waals surface area (Å²) in [5.41, 5.74) is -0.799. The van der Waals surface area contributed by atoms with Crippen LogP contribution in [0.2, 0.25) is 5.15 Å². The lowest BCUT2D eigenvalue weighted by molar-refractivity contribution is -0.602. The number of amides is 2. The van der Waals surface area contributed by atoms with Gasteiger partial charge in [-0.15, -0.1) is 0 Å². The SMILES string of the molecule is Cn1nccc1C(=O)N[C@H](C(=O)Nc1ccc(-c2c(C(F)(F)F)cc[n+]([O-])c2Cl)cc1)C1CCCCC1. The van der Waals surface area contributed by atoms with E-state index in [9.17, 15) is 28.0 Å². The van der Waals surface area contributed by atoms with Gasteiger partial charge in [0.1, 0.15) is 11.7 Å². The van der Waals surface area contributed by atoms with Gasteiger partial charge >= 0.3 is 6.18 Å². The van der Waals surface area contributed by atoms with E-state index in [0.29, 0.717) is 23.6 Å². The van der Waals surface area contributed by atoms with Crippen molar-refractivity contribution in [1.82, 2.24) is 15.1 Å². The van der Waals surface area contributed by atoms with Crippen molar-refractivity contribution in [2.24, 2.45) is 13.0 Å². The number of anilines is 1. The van der Waals surface area contributed by atoms with E-state index in [1.807, 2.05) is 0 Å². The van der Waals surface area contributed by atoms with Crippen LogP contribution in [0.1, 0.15) is 48.2 Å². The van der Waals surface area contributed by atoms with Gasteiger partial charge in [-0.3, -0.25) is 14.3 Å². The molecule has 4 rings (SSSR count). The van der Waals surface area contributed by atoms with E-state index in [2.05, 4.69) is 15.7 Å². The van der Waals surface area contributed by atoms with E-state index < -0.39 is 40.3 Å². The predicted molar refractivity (Wildman–Crippen MR) is 131 cm³/mol. The standard InChI is InChI=1S/C25H25ClF3N5O3/c1-33-19(11-13-30-33)23(35)32-21(16-5-3-2-4-6-16)24(36)31-17-9-7-15(8-10-17)20-18(25(27,28)29)12-14-34(37)22(20)26/h7-14,16,21H,2-6H2,1H3,(H,31,36)(H,32,35)/t21-/m0/s1.